The van der Waals surface area contributed by atoms with E-state index in [1.165, 1.54) is 18.6 Å². The summed E-state index contributed by atoms with van der Waals surface area (Å²) in [6.07, 6.45) is 3.56. The molecule has 96 valence electrons. The molecule has 0 spiro atoms. The average molecular weight is 247 g/mol. The van der Waals surface area contributed by atoms with Gasteiger partial charge in [-0.2, -0.15) is 5.26 Å². The van der Waals surface area contributed by atoms with Gasteiger partial charge in [-0.3, -0.25) is 0 Å². The van der Waals surface area contributed by atoms with Crippen LogP contribution in [0, 0.1) is 17.1 Å². The van der Waals surface area contributed by atoms with Crippen LogP contribution in [-0.2, 0) is 0 Å². The quantitative estimate of drug-likeness (QED) is 0.889. The van der Waals surface area contributed by atoms with E-state index in [2.05, 4.69) is 24.3 Å². The summed E-state index contributed by atoms with van der Waals surface area (Å²) in [6.45, 7) is 0.786. The Kier molecular flexibility index (Phi) is 3.53. The molecular weight excluding hydrogens is 229 g/mol. The zero-order valence-electron chi connectivity index (χ0n) is 10.8. The number of benzene rings is 1. The molecule has 0 amide bonds. The first-order valence-corrected chi connectivity index (χ1v) is 6.18. The Morgan fingerprint density at radius 2 is 2.11 bits per heavy atom. The molecule has 0 saturated heterocycles. The van der Waals surface area contributed by atoms with E-state index < -0.39 is 0 Å². The molecule has 1 fully saturated rings. The van der Waals surface area contributed by atoms with Crippen LogP contribution in [0.2, 0.25) is 0 Å². The standard InChI is InChI=1S/C14H18FN3/c1-18(2)14(4-3-5-14)10-17-13-7-11(9-16)6-12(15)8-13/h6-8,17H,3-5,10H2,1-2H3. The monoisotopic (exact) mass is 247 g/mol. The second-order valence-electron chi connectivity index (χ2n) is 5.17. The molecule has 3 nitrogen and oxygen atoms in total. The number of hydrogen-bond donors (Lipinski definition) is 1. The molecule has 0 atom stereocenters. The highest BCUT2D eigenvalue weighted by atomic mass is 19.1. The highest BCUT2D eigenvalue weighted by Gasteiger charge is 2.38. The summed E-state index contributed by atoms with van der Waals surface area (Å²) in [5, 5.41) is 12.1. The summed E-state index contributed by atoms with van der Waals surface area (Å²) in [5.74, 6) is -0.371. The van der Waals surface area contributed by atoms with Gasteiger partial charge < -0.3 is 10.2 Å². The third-order valence-electron chi connectivity index (χ3n) is 3.88. The Balaban J connectivity index is 2.06. The van der Waals surface area contributed by atoms with Crippen molar-refractivity contribution in [3.63, 3.8) is 0 Å². The van der Waals surface area contributed by atoms with Crippen molar-refractivity contribution >= 4 is 5.69 Å². The van der Waals surface area contributed by atoms with Gasteiger partial charge in [0.2, 0.25) is 0 Å². The van der Waals surface area contributed by atoms with Crippen LogP contribution in [0.4, 0.5) is 10.1 Å². The maximum atomic E-state index is 13.3. The number of nitrogens with one attached hydrogen (secondary N) is 1. The highest BCUT2D eigenvalue weighted by Crippen LogP contribution is 2.36. The molecule has 1 aliphatic carbocycles. The molecule has 4 heteroatoms. The van der Waals surface area contributed by atoms with Crippen LogP contribution < -0.4 is 5.32 Å². The zero-order valence-corrected chi connectivity index (χ0v) is 10.8. The minimum absolute atomic E-state index is 0.180. The molecule has 1 aromatic rings. The lowest BCUT2D eigenvalue weighted by atomic mass is 9.75. The first-order chi connectivity index (χ1) is 8.55. The van der Waals surface area contributed by atoms with Gasteiger partial charge >= 0.3 is 0 Å². The summed E-state index contributed by atoms with van der Waals surface area (Å²) in [4.78, 5) is 2.23. The van der Waals surface area contributed by atoms with Crippen molar-refractivity contribution in [2.75, 3.05) is 26.0 Å². The summed E-state index contributed by atoms with van der Waals surface area (Å²) in [7, 11) is 4.15. The fourth-order valence-corrected chi connectivity index (χ4v) is 2.39. The largest absolute Gasteiger partial charge is 0.383 e. The maximum Gasteiger partial charge on any atom is 0.126 e. The van der Waals surface area contributed by atoms with E-state index in [1.54, 1.807) is 6.07 Å². The molecule has 18 heavy (non-hydrogen) atoms. The average Bonchev–Trinajstić information content (AvgIpc) is 2.26. The van der Waals surface area contributed by atoms with Gasteiger partial charge in [0.15, 0.2) is 0 Å². The van der Waals surface area contributed by atoms with E-state index in [0.29, 0.717) is 11.3 Å². The molecule has 0 aromatic heterocycles. The first-order valence-electron chi connectivity index (χ1n) is 6.18. The number of nitriles is 1. The Hall–Kier alpha value is -1.60. The Labute approximate surface area is 107 Å². The topological polar surface area (TPSA) is 39.1 Å². The summed E-state index contributed by atoms with van der Waals surface area (Å²) in [5.41, 5.74) is 1.21. The molecule has 0 radical (unpaired) electrons. The second kappa shape index (κ2) is 4.95. The van der Waals surface area contributed by atoms with Gasteiger partial charge in [0.05, 0.1) is 11.6 Å². The lowest BCUT2D eigenvalue weighted by molar-refractivity contribution is 0.0739. The molecule has 1 N–H and O–H groups in total. The second-order valence-corrected chi connectivity index (χ2v) is 5.17. The van der Waals surface area contributed by atoms with Crippen LogP contribution in [0.5, 0.6) is 0 Å². The van der Waals surface area contributed by atoms with Crippen molar-refractivity contribution in [2.24, 2.45) is 0 Å². The van der Waals surface area contributed by atoms with Crippen molar-refractivity contribution < 1.29 is 4.39 Å². The van der Waals surface area contributed by atoms with Crippen molar-refractivity contribution in [3.05, 3.63) is 29.6 Å². The van der Waals surface area contributed by atoms with E-state index in [1.807, 2.05) is 6.07 Å². The maximum absolute atomic E-state index is 13.3. The Morgan fingerprint density at radius 1 is 1.39 bits per heavy atom. The van der Waals surface area contributed by atoms with Gasteiger partial charge in [-0.15, -0.1) is 0 Å². The molecular formula is C14H18FN3. The molecule has 0 unspecified atom stereocenters. The van der Waals surface area contributed by atoms with Gasteiger partial charge in [0, 0.05) is 17.8 Å². The van der Waals surface area contributed by atoms with Crippen LogP contribution in [0.15, 0.2) is 18.2 Å². The van der Waals surface area contributed by atoms with Gasteiger partial charge in [-0.25, -0.2) is 4.39 Å². The number of hydrogen-bond acceptors (Lipinski definition) is 3. The molecule has 1 aromatic carbocycles. The van der Waals surface area contributed by atoms with Crippen molar-refractivity contribution in [1.82, 2.24) is 4.90 Å². The number of rotatable bonds is 4. The Morgan fingerprint density at radius 3 is 2.61 bits per heavy atom. The third-order valence-corrected chi connectivity index (χ3v) is 3.88. The predicted octanol–water partition coefficient (Wildman–Crippen LogP) is 2.59. The van der Waals surface area contributed by atoms with Gasteiger partial charge in [-0.1, -0.05) is 0 Å². The number of anilines is 1. The first kappa shape index (κ1) is 12.8. The van der Waals surface area contributed by atoms with E-state index in [0.717, 1.165) is 19.4 Å². The van der Waals surface area contributed by atoms with Gasteiger partial charge in [0.1, 0.15) is 5.82 Å². The van der Waals surface area contributed by atoms with Crippen LogP contribution >= 0.6 is 0 Å². The fourth-order valence-electron chi connectivity index (χ4n) is 2.39. The van der Waals surface area contributed by atoms with Crippen molar-refractivity contribution in [1.29, 1.82) is 5.26 Å². The lowest BCUT2D eigenvalue weighted by Crippen LogP contribution is -2.54. The zero-order chi connectivity index (χ0) is 13.2. The van der Waals surface area contributed by atoms with Crippen LogP contribution in [0.25, 0.3) is 0 Å². The third kappa shape index (κ3) is 2.46. The van der Waals surface area contributed by atoms with E-state index in [4.69, 9.17) is 5.26 Å². The predicted molar refractivity (Wildman–Crippen MR) is 69.9 cm³/mol. The van der Waals surface area contributed by atoms with Gasteiger partial charge in [0.25, 0.3) is 0 Å². The minimum atomic E-state index is -0.371. The lowest BCUT2D eigenvalue weighted by Gasteiger charge is -2.47. The molecule has 0 heterocycles. The SMILES string of the molecule is CN(C)C1(CNc2cc(F)cc(C#N)c2)CCC1. The fraction of sp³-hybridized carbons (Fsp3) is 0.500. The van der Waals surface area contributed by atoms with Gasteiger partial charge in [-0.05, 0) is 51.6 Å². The normalized spacial score (nSPS) is 17.1. The van der Waals surface area contributed by atoms with Crippen molar-refractivity contribution in [2.45, 2.75) is 24.8 Å². The van der Waals surface area contributed by atoms with E-state index in [-0.39, 0.29) is 11.4 Å². The molecule has 1 saturated carbocycles. The molecule has 0 bridgehead atoms. The molecule has 2 rings (SSSR count). The Bertz CT molecular complexity index is 472. The summed E-state index contributed by atoms with van der Waals surface area (Å²) < 4.78 is 13.3. The van der Waals surface area contributed by atoms with Crippen LogP contribution in [-0.4, -0.2) is 31.1 Å². The molecule has 1 aliphatic rings. The van der Waals surface area contributed by atoms with E-state index in [9.17, 15) is 4.39 Å². The molecule has 0 aliphatic heterocycles. The summed E-state index contributed by atoms with van der Waals surface area (Å²) in [6, 6.07) is 6.33. The van der Waals surface area contributed by atoms with E-state index >= 15 is 0 Å². The van der Waals surface area contributed by atoms with Crippen LogP contribution in [0.1, 0.15) is 24.8 Å². The highest BCUT2D eigenvalue weighted by molar-refractivity contribution is 5.50. The van der Waals surface area contributed by atoms with Crippen LogP contribution in [0.3, 0.4) is 0 Å². The smallest absolute Gasteiger partial charge is 0.126 e. The number of halogens is 1. The number of nitrogens with zero attached hydrogens (tertiary/aromatic N) is 2. The number of likely N-dealkylation sites (N-methyl/N-ethyl adjacent to an activating group) is 1. The minimum Gasteiger partial charge on any atom is -0.383 e. The van der Waals surface area contributed by atoms with Crippen molar-refractivity contribution in [3.8, 4) is 6.07 Å². The summed E-state index contributed by atoms with van der Waals surface area (Å²) >= 11 is 0.